The molecule has 0 saturated carbocycles. The summed E-state index contributed by atoms with van der Waals surface area (Å²) in [6.45, 7) is 2.68. The average Bonchev–Trinajstić information content (AvgIpc) is 2.62. The van der Waals surface area contributed by atoms with Crippen molar-refractivity contribution in [2.24, 2.45) is 0 Å². The first kappa shape index (κ1) is 21.7. The lowest BCUT2D eigenvalue weighted by atomic mass is 10.0. The molecule has 2 aromatic rings. The summed E-state index contributed by atoms with van der Waals surface area (Å²) in [7, 11) is 0. The fraction of sp³-hybridized carbons (Fsp3) is 0.167. The highest BCUT2D eigenvalue weighted by Crippen LogP contribution is 2.28. The number of hydrogen-bond donors (Lipinski definition) is 1. The molecule has 0 radical (unpaired) electrons. The standard InChI is InChI=1S/C18H13Cl2F3N2O3/c1-3-28-18(27)10(7-24-12-5-4-9(21)6-11(12)22)15(26)13-8(2)14(23)17(20)25-16(13)19/h4-7,24H,3H2,1-2H3. The number of ketones is 1. The Balaban J connectivity index is 2.50. The molecule has 1 aromatic heterocycles. The van der Waals surface area contributed by atoms with Gasteiger partial charge in [-0.05, 0) is 26.0 Å². The molecule has 0 amide bonds. The number of nitrogens with one attached hydrogen (secondary N) is 1. The molecule has 0 fully saturated rings. The molecule has 0 bridgehead atoms. The van der Waals surface area contributed by atoms with E-state index in [1.165, 1.54) is 13.8 Å². The van der Waals surface area contributed by atoms with Gasteiger partial charge < -0.3 is 10.1 Å². The van der Waals surface area contributed by atoms with E-state index in [0.29, 0.717) is 6.07 Å². The third kappa shape index (κ3) is 4.63. The van der Waals surface area contributed by atoms with Crippen LogP contribution in [-0.4, -0.2) is 23.3 Å². The van der Waals surface area contributed by atoms with Gasteiger partial charge in [-0.25, -0.2) is 22.9 Å². The van der Waals surface area contributed by atoms with E-state index < -0.39 is 50.6 Å². The van der Waals surface area contributed by atoms with Crippen molar-refractivity contribution in [1.29, 1.82) is 0 Å². The Labute approximate surface area is 168 Å². The lowest BCUT2D eigenvalue weighted by Gasteiger charge is -2.12. The largest absolute Gasteiger partial charge is 0.462 e. The van der Waals surface area contributed by atoms with Crippen LogP contribution in [0.3, 0.4) is 0 Å². The Bertz CT molecular complexity index is 981. The maximum absolute atomic E-state index is 14.0. The second kappa shape index (κ2) is 9.07. The number of esters is 1. The van der Waals surface area contributed by atoms with Crippen LogP contribution in [0.25, 0.3) is 0 Å². The highest BCUT2D eigenvalue weighted by molar-refractivity contribution is 6.37. The fourth-order valence-corrected chi connectivity index (χ4v) is 2.77. The molecule has 0 aliphatic heterocycles. The summed E-state index contributed by atoms with van der Waals surface area (Å²) in [6, 6.07) is 2.66. The monoisotopic (exact) mass is 432 g/mol. The van der Waals surface area contributed by atoms with Crippen LogP contribution in [-0.2, 0) is 9.53 Å². The summed E-state index contributed by atoms with van der Waals surface area (Å²) >= 11 is 11.5. The fourth-order valence-electron chi connectivity index (χ4n) is 2.19. The summed E-state index contributed by atoms with van der Waals surface area (Å²) in [4.78, 5) is 28.6. The molecule has 1 aromatic carbocycles. The topological polar surface area (TPSA) is 68.3 Å². The van der Waals surface area contributed by atoms with Crippen molar-refractivity contribution in [3.05, 3.63) is 68.9 Å². The van der Waals surface area contributed by atoms with E-state index in [1.807, 2.05) is 0 Å². The van der Waals surface area contributed by atoms with E-state index in [2.05, 4.69) is 10.3 Å². The number of pyridine rings is 1. The van der Waals surface area contributed by atoms with Crippen molar-refractivity contribution < 1.29 is 27.5 Å². The van der Waals surface area contributed by atoms with Gasteiger partial charge in [-0.2, -0.15) is 0 Å². The number of nitrogens with zero attached hydrogens (tertiary/aromatic N) is 1. The molecule has 28 heavy (non-hydrogen) atoms. The van der Waals surface area contributed by atoms with Gasteiger partial charge in [0.2, 0.25) is 5.78 Å². The summed E-state index contributed by atoms with van der Waals surface area (Å²) in [5.74, 6) is -4.82. The van der Waals surface area contributed by atoms with Crippen molar-refractivity contribution >= 4 is 40.6 Å². The van der Waals surface area contributed by atoms with Crippen molar-refractivity contribution in [3.63, 3.8) is 0 Å². The summed E-state index contributed by atoms with van der Waals surface area (Å²) in [6.07, 6.45) is 0.860. The van der Waals surface area contributed by atoms with Crippen LogP contribution in [0.1, 0.15) is 22.8 Å². The maximum atomic E-state index is 14.0. The zero-order valence-corrected chi connectivity index (χ0v) is 16.1. The van der Waals surface area contributed by atoms with Crippen LogP contribution in [0.4, 0.5) is 18.9 Å². The number of anilines is 1. The van der Waals surface area contributed by atoms with Crippen LogP contribution < -0.4 is 5.32 Å². The minimum absolute atomic E-state index is 0.0612. The van der Waals surface area contributed by atoms with Crippen molar-refractivity contribution in [1.82, 2.24) is 4.98 Å². The Morgan fingerprint density at radius 3 is 2.50 bits per heavy atom. The van der Waals surface area contributed by atoms with Gasteiger partial charge in [0.15, 0.2) is 11.0 Å². The highest BCUT2D eigenvalue weighted by Gasteiger charge is 2.28. The molecule has 0 aliphatic rings. The molecule has 0 unspecified atom stereocenters. The first-order valence-electron chi connectivity index (χ1n) is 7.82. The van der Waals surface area contributed by atoms with Gasteiger partial charge in [0.05, 0.1) is 17.9 Å². The van der Waals surface area contributed by atoms with Crippen LogP contribution in [0.2, 0.25) is 10.3 Å². The number of Topliss-reactive ketones (excluding diaryl/α,β-unsaturated/α-hetero) is 1. The predicted octanol–water partition coefficient (Wildman–Crippen LogP) is 4.86. The van der Waals surface area contributed by atoms with Gasteiger partial charge in [-0.15, -0.1) is 0 Å². The van der Waals surface area contributed by atoms with E-state index in [9.17, 15) is 22.8 Å². The SMILES string of the molecule is CCOC(=O)C(=CNc1ccc(F)cc1F)C(=O)c1c(Cl)nc(Cl)c(F)c1C. The zero-order valence-electron chi connectivity index (χ0n) is 14.6. The second-order valence-electron chi connectivity index (χ2n) is 5.38. The Hall–Kier alpha value is -2.58. The van der Waals surface area contributed by atoms with Crippen molar-refractivity contribution in [2.45, 2.75) is 13.8 Å². The first-order chi connectivity index (χ1) is 13.2. The van der Waals surface area contributed by atoms with Crippen molar-refractivity contribution in [2.75, 3.05) is 11.9 Å². The molecule has 5 nitrogen and oxygen atoms in total. The highest BCUT2D eigenvalue weighted by atomic mass is 35.5. The lowest BCUT2D eigenvalue weighted by Crippen LogP contribution is -2.19. The third-order valence-electron chi connectivity index (χ3n) is 3.56. The van der Waals surface area contributed by atoms with E-state index in [4.69, 9.17) is 27.9 Å². The minimum atomic E-state index is -1.06. The zero-order chi connectivity index (χ0) is 21.0. The van der Waals surface area contributed by atoms with Crippen molar-refractivity contribution in [3.8, 4) is 0 Å². The van der Waals surface area contributed by atoms with Gasteiger partial charge >= 0.3 is 5.97 Å². The smallest absolute Gasteiger partial charge is 0.343 e. The van der Waals surface area contributed by atoms with Crippen LogP contribution in [0.5, 0.6) is 0 Å². The predicted molar refractivity (Wildman–Crippen MR) is 98.0 cm³/mol. The number of benzene rings is 1. The van der Waals surface area contributed by atoms with Gasteiger partial charge in [0.1, 0.15) is 22.4 Å². The van der Waals surface area contributed by atoms with E-state index in [-0.39, 0.29) is 17.9 Å². The molecular weight excluding hydrogens is 420 g/mol. The van der Waals surface area contributed by atoms with E-state index >= 15 is 0 Å². The third-order valence-corrected chi connectivity index (χ3v) is 4.08. The molecule has 10 heteroatoms. The first-order valence-corrected chi connectivity index (χ1v) is 8.57. The number of aromatic nitrogens is 1. The van der Waals surface area contributed by atoms with Gasteiger partial charge in [0, 0.05) is 17.8 Å². The summed E-state index contributed by atoms with van der Waals surface area (Å²) < 4.78 is 45.6. The number of halogens is 5. The molecule has 1 heterocycles. The molecule has 0 saturated heterocycles. The number of hydrogen-bond acceptors (Lipinski definition) is 5. The number of carbonyl (C=O) groups excluding carboxylic acids is 2. The van der Waals surface area contributed by atoms with Gasteiger partial charge in [-0.3, -0.25) is 4.79 Å². The molecule has 0 atom stereocenters. The molecule has 0 spiro atoms. The maximum Gasteiger partial charge on any atom is 0.343 e. The van der Waals surface area contributed by atoms with Gasteiger partial charge in [-0.1, -0.05) is 23.2 Å². The number of rotatable bonds is 6. The Morgan fingerprint density at radius 1 is 1.21 bits per heavy atom. The molecule has 2 rings (SSSR count). The Kier molecular flexibility index (Phi) is 7.04. The van der Waals surface area contributed by atoms with Crippen LogP contribution >= 0.6 is 23.2 Å². The van der Waals surface area contributed by atoms with Crippen LogP contribution in [0, 0.1) is 24.4 Å². The summed E-state index contributed by atoms with van der Waals surface area (Å²) in [5.41, 5.74) is -1.43. The number of carbonyl (C=O) groups is 2. The lowest BCUT2D eigenvalue weighted by molar-refractivity contribution is -0.138. The second-order valence-corrected chi connectivity index (χ2v) is 6.10. The molecule has 1 N–H and O–H groups in total. The van der Waals surface area contributed by atoms with E-state index in [0.717, 1.165) is 18.3 Å². The number of ether oxygens (including phenoxy) is 1. The molecule has 148 valence electrons. The van der Waals surface area contributed by atoms with Gasteiger partial charge in [0.25, 0.3) is 0 Å². The molecular formula is C18H13Cl2F3N2O3. The minimum Gasteiger partial charge on any atom is -0.462 e. The van der Waals surface area contributed by atoms with Crippen LogP contribution in [0.15, 0.2) is 30.0 Å². The average molecular weight is 433 g/mol. The van der Waals surface area contributed by atoms with E-state index in [1.54, 1.807) is 0 Å². The quantitative estimate of drug-likeness (QED) is 0.176. The Morgan fingerprint density at radius 2 is 1.89 bits per heavy atom. The normalized spacial score (nSPS) is 11.3. The summed E-state index contributed by atoms with van der Waals surface area (Å²) in [5, 5.41) is 1.43. The molecule has 0 aliphatic carbocycles.